The van der Waals surface area contributed by atoms with Crippen LogP contribution in [0.15, 0.2) is 53.9 Å². The number of ether oxygens (including phenoxy) is 1. The van der Waals surface area contributed by atoms with E-state index < -0.39 is 0 Å². The Morgan fingerprint density at radius 3 is 2.38 bits per heavy atom. The molecule has 1 fully saturated rings. The van der Waals surface area contributed by atoms with Crippen LogP contribution >= 0.6 is 11.5 Å². The van der Waals surface area contributed by atoms with Crippen LogP contribution in [0.5, 0.6) is 5.75 Å². The molecular weight excluding hydrogens is 424 g/mol. The first-order valence-corrected chi connectivity index (χ1v) is 11.6. The number of hydrogen-bond donors (Lipinski definition) is 1. The molecule has 1 aliphatic heterocycles. The van der Waals surface area contributed by atoms with Gasteiger partial charge in [0, 0.05) is 34.3 Å². The lowest BCUT2D eigenvalue weighted by molar-refractivity contribution is -0.139. The van der Waals surface area contributed by atoms with E-state index in [1.54, 1.807) is 24.3 Å². The molecule has 0 aliphatic carbocycles. The molecule has 2 amide bonds. The molecule has 0 spiro atoms. The Morgan fingerprint density at radius 1 is 1.06 bits per heavy atom. The van der Waals surface area contributed by atoms with Gasteiger partial charge in [-0.1, -0.05) is 16.6 Å². The minimum absolute atomic E-state index is 0.00107. The Labute approximate surface area is 191 Å². The molecule has 2 heterocycles. The number of likely N-dealkylation sites (tertiary alicyclic amines) is 1. The Morgan fingerprint density at radius 2 is 1.75 bits per heavy atom. The lowest BCUT2D eigenvalue weighted by Gasteiger charge is -2.38. The normalized spacial score (nSPS) is 18.2. The molecule has 1 aromatic heterocycles. The highest BCUT2D eigenvalue weighted by Crippen LogP contribution is 2.23. The number of amides is 2. The molecule has 2 aromatic carbocycles. The second-order valence-electron chi connectivity index (χ2n) is 8.06. The number of nitrogens with zero attached hydrogens (tertiary/aromatic N) is 3. The zero-order valence-corrected chi connectivity index (χ0v) is 19.0. The summed E-state index contributed by atoms with van der Waals surface area (Å²) >= 11 is 1.30. The van der Waals surface area contributed by atoms with Gasteiger partial charge >= 0.3 is 0 Å². The summed E-state index contributed by atoms with van der Waals surface area (Å²) in [7, 11) is 0. The Hall–Kier alpha value is -3.26. The number of anilines is 1. The van der Waals surface area contributed by atoms with Gasteiger partial charge in [-0.15, -0.1) is 5.10 Å². The highest BCUT2D eigenvalue weighted by atomic mass is 32.1. The number of rotatable bonds is 6. The maximum Gasteiger partial charge on any atom is 0.260 e. The van der Waals surface area contributed by atoms with Crippen molar-refractivity contribution in [2.75, 3.05) is 11.9 Å². The van der Waals surface area contributed by atoms with Crippen molar-refractivity contribution >= 4 is 29.0 Å². The molecule has 32 heavy (non-hydrogen) atoms. The summed E-state index contributed by atoms with van der Waals surface area (Å²) < 4.78 is 9.55. The highest BCUT2D eigenvalue weighted by molar-refractivity contribution is 7.03. The Bertz CT molecular complexity index is 1040. The lowest BCUT2D eigenvalue weighted by Crippen LogP contribution is -2.49. The van der Waals surface area contributed by atoms with Gasteiger partial charge in [0.05, 0.1) is 0 Å². The molecule has 0 radical (unpaired) electrons. The fourth-order valence-electron chi connectivity index (χ4n) is 4.05. The summed E-state index contributed by atoms with van der Waals surface area (Å²) in [4.78, 5) is 27.1. The largest absolute Gasteiger partial charge is 0.484 e. The summed E-state index contributed by atoms with van der Waals surface area (Å²) in [5, 5.41) is 8.79. The smallest absolute Gasteiger partial charge is 0.260 e. The Balaban J connectivity index is 1.31. The topological polar surface area (TPSA) is 84.4 Å². The minimum atomic E-state index is -0.216. The van der Waals surface area contributed by atoms with Crippen molar-refractivity contribution in [3.63, 3.8) is 0 Å². The van der Waals surface area contributed by atoms with E-state index >= 15 is 0 Å². The number of aromatic nitrogens is 2. The van der Waals surface area contributed by atoms with Gasteiger partial charge in [0.2, 0.25) is 0 Å². The van der Waals surface area contributed by atoms with Gasteiger partial charge in [0.25, 0.3) is 11.8 Å². The van der Waals surface area contributed by atoms with Crippen molar-refractivity contribution < 1.29 is 14.3 Å². The molecule has 1 N–H and O–H groups in total. The van der Waals surface area contributed by atoms with Crippen molar-refractivity contribution in [3.8, 4) is 17.0 Å². The molecule has 4 rings (SSSR count). The maximum atomic E-state index is 12.6. The molecular formula is C24H26N4O3S. The number of benzene rings is 2. The van der Waals surface area contributed by atoms with Crippen LogP contribution in [-0.4, -0.2) is 45.0 Å². The first-order valence-electron chi connectivity index (χ1n) is 10.7. The second-order valence-corrected chi connectivity index (χ2v) is 8.67. The van der Waals surface area contributed by atoms with Crippen LogP contribution in [0.3, 0.4) is 0 Å². The van der Waals surface area contributed by atoms with Crippen LogP contribution in [0.1, 0.15) is 43.5 Å². The first-order chi connectivity index (χ1) is 15.5. The van der Waals surface area contributed by atoms with Gasteiger partial charge in [-0.25, -0.2) is 0 Å². The van der Waals surface area contributed by atoms with Gasteiger partial charge in [-0.3, -0.25) is 9.59 Å². The number of piperidine rings is 1. The fraction of sp³-hybridized carbons (Fsp3) is 0.333. The number of carbonyl (C=O) groups is 2. The molecule has 2 atom stereocenters. The third-order valence-electron chi connectivity index (χ3n) is 5.76. The molecule has 0 saturated carbocycles. The number of carbonyl (C=O) groups excluding carboxylic acids is 2. The van der Waals surface area contributed by atoms with Crippen LogP contribution in [0.25, 0.3) is 11.3 Å². The predicted molar refractivity (Wildman–Crippen MR) is 125 cm³/mol. The van der Waals surface area contributed by atoms with Crippen LogP contribution in [0.2, 0.25) is 0 Å². The molecule has 1 aliphatic rings. The second kappa shape index (κ2) is 9.91. The van der Waals surface area contributed by atoms with E-state index in [9.17, 15) is 9.59 Å². The van der Waals surface area contributed by atoms with E-state index in [1.807, 2.05) is 34.5 Å². The van der Waals surface area contributed by atoms with Crippen molar-refractivity contribution in [2.45, 2.75) is 45.2 Å². The van der Waals surface area contributed by atoms with Crippen molar-refractivity contribution in [2.24, 2.45) is 0 Å². The summed E-state index contributed by atoms with van der Waals surface area (Å²) in [5.74, 6) is 0.350. The lowest BCUT2D eigenvalue weighted by atomic mass is 9.97. The Kier molecular flexibility index (Phi) is 6.80. The quantitative estimate of drug-likeness (QED) is 0.592. The zero-order chi connectivity index (χ0) is 22.5. The molecule has 7 nitrogen and oxygen atoms in total. The third-order valence-corrected chi connectivity index (χ3v) is 6.26. The van der Waals surface area contributed by atoms with E-state index in [2.05, 4.69) is 28.8 Å². The number of hydrogen-bond acceptors (Lipinski definition) is 6. The van der Waals surface area contributed by atoms with Gasteiger partial charge < -0.3 is 15.0 Å². The average Bonchev–Trinajstić information content (AvgIpc) is 3.33. The monoisotopic (exact) mass is 450 g/mol. The maximum absolute atomic E-state index is 12.6. The molecule has 8 heteroatoms. The SMILES string of the molecule is CC1CCCC(C)N1C(=O)COc1ccc(C(=O)Nc2ccc(-c3csnn3)cc2)cc1. The van der Waals surface area contributed by atoms with E-state index in [4.69, 9.17) is 4.74 Å². The summed E-state index contributed by atoms with van der Waals surface area (Å²) in [5.41, 5.74) is 2.96. The molecule has 1 saturated heterocycles. The van der Waals surface area contributed by atoms with E-state index in [-0.39, 0.29) is 30.5 Å². The molecule has 3 aromatic rings. The zero-order valence-electron chi connectivity index (χ0n) is 18.2. The van der Waals surface area contributed by atoms with E-state index in [1.165, 1.54) is 11.5 Å². The summed E-state index contributed by atoms with van der Waals surface area (Å²) in [6, 6.07) is 14.7. The van der Waals surface area contributed by atoms with Gasteiger partial charge in [-0.2, -0.15) is 0 Å². The average molecular weight is 451 g/mol. The highest BCUT2D eigenvalue weighted by Gasteiger charge is 2.28. The molecule has 2 unspecified atom stereocenters. The first kappa shape index (κ1) is 22.0. The standard InChI is InChI=1S/C24H26N4O3S/c1-16-4-3-5-17(2)28(16)23(29)14-31-21-12-8-19(9-13-21)24(30)25-20-10-6-18(7-11-20)22-15-32-27-26-22/h6-13,15-17H,3-5,14H2,1-2H3,(H,25,30). The van der Waals surface area contributed by atoms with Gasteiger partial charge in [-0.05, 0) is 81.0 Å². The van der Waals surface area contributed by atoms with E-state index in [0.717, 1.165) is 30.5 Å². The van der Waals surface area contributed by atoms with Crippen molar-refractivity contribution in [1.29, 1.82) is 0 Å². The van der Waals surface area contributed by atoms with E-state index in [0.29, 0.717) is 17.0 Å². The van der Waals surface area contributed by atoms with Crippen LogP contribution in [-0.2, 0) is 4.79 Å². The molecule has 0 bridgehead atoms. The number of nitrogens with one attached hydrogen (secondary N) is 1. The van der Waals surface area contributed by atoms with Crippen LogP contribution in [0.4, 0.5) is 5.69 Å². The summed E-state index contributed by atoms with van der Waals surface area (Å²) in [6.45, 7) is 4.18. The van der Waals surface area contributed by atoms with Gasteiger partial charge in [0.1, 0.15) is 11.4 Å². The van der Waals surface area contributed by atoms with Crippen molar-refractivity contribution in [3.05, 3.63) is 59.5 Å². The van der Waals surface area contributed by atoms with Crippen LogP contribution < -0.4 is 10.1 Å². The fourth-order valence-corrected chi connectivity index (χ4v) is 4.52. The minimum Gasteiger partial charge on any atom is -0.484 e. The van der Waals surface area contributed by atoms with Crippen molar-refractivity contribution in [1.82, 2.24) is 14.5 Å². The van der Waals surface area contributed by atoms with Gasteiger partial charge in [0.15, 0.2) is 6.61 Å². The predicted octanol–water partition coefficient (Wildman–Crippen LogP) is 4.63. The third kappa shape index (κ3) is 5.13. The van der Waals surface area contributed by atoms with Crippen LogP contribution in [0, 0.1) is 0 Å². The summed E-state index contributed by atoms with van der Waals surface area (Å²) in [6.07, 6.45) is 3.22. The molecule has 166 valence electrons.